The molecule has 1 aliphatic rings. The molecule has 0 spiro atoms. The van der Waals surface area contributed by atoms with Gasteiger partial charge in [-0.15, -0.1) is 0 Å². The Balaban J connectivity index is 3.13. The third-order valence-corrected chi connectivity index (χ3v) is 6.27. The SMILES string of the molecule is CC(=O)SCCC=C[C@@H]1CC(=O)N[C@H](C(C)C)C(=O)N[C@H](C)C(=O)N[C@H](C(C)C)[C@@H](O)CC(=O)OO1. The molecule has 0 saturated carbocycles. The molecule has 0 aromatic heterocycles. The van der Waals surface area contributed by atoms with Crippen LogP contribution in [0.1, 0.15) is 60.8 Å². The van der Waals surface area contributed by atoms with E-state index in [1.165, 1.54) is 19.9 Å². The zero-order valence-electron chi connectivity index (χ0n) is 21.7. The van der Waals surface area contributed by atoms with Crippen molar-refractivity contribution in [3.63, 3.8) is 0 Å². The van der Waals surface area contributed by atoms with Gasteiger partial charge >= 0.3 is 5.97 Å². The molecule has 36 heavy (non-hydrogen) atoms. The summed E-state index contributed by atoms with van der Waals surface area (Å²) in [5.41, 5.74) is 0. The molecule has 0 aromatic carbocycles. The van der Waals surface area contributed by atoms with Crippen LogP contribution in [0.2, 0.25) is 0 Å². The van der Waals surface area contributed by atoms with Gasteiger partial charge in [0.15, 0.2) is 5.12 Å². The zero-order chi connectivity index (χ0) is 27.4. The highest BCUT2D eigenvalue weighted by molar-refractivity contribution is 8.13. The molecule has 5 atom stereocenters. The van der Waals surface area contributed by atoms with Crippen LogP contribution in [0.3, 0.4) is 0 Å². The molecule has 4 N–H and O–H groups in total. The van der Waals surface area contributed by atoms with Crippen LogP contribution < -0.4 is 16.0 Å². The van der Waals surface area contributed by atoms with Crippen LogP contribution in [-0.4, -0.2) is 70.0 Å². The van der Waals surface area contributed by atoms with Crippen molar-refractivity contribution in [2.75, 3.05) is 5.75 Å². The third-order valence-electron chi connectivity index (χ3n) is 5.43. The molecule has 1 heterocycles. The average molecular weight is 530 g/mol. The lowest BCUT2D eigenvalue weighted by Gasteiger charge is -2.29. The second-order valence-corrected chi connectivity index (χ2v) is 10.7. The van der Waals surface area contributed by atoms with Gasteiger partial charge in [-0.1, -0.05) is 51.6 Å². The molecule has 1 rings (SSSR count). The van der Waals surface area contributed by atoms with Crippen LogP contribution in [-0.2, 0) is 33.7 Å². The van der Waals surface area contributed by atoms with E-state index in [9.17, 15) is 29.1 Å². The van der Waals surface area contributed by atoms with E-state index in [1.54, 1.807) is 33.8 Å². The molecule has 1 fully saturated rings. The smallest absolute Gasteiger partial charge is 0.345 e. The van der Waals surface area contributed by atoms with Gasteiger partial charge in [0.1, 0.15) is 18.2 Å². The Morgan fingerprint density at radius 3 is 2.31 bits per heavy atom. The Morgan fingerprint density at radius 2 is 1.72 bits per heavy atom. The number of carbonyl (C=O) groups is 5. The van der Waals surface area contributed by atoms with Gasteiger partial charge < -0.3 is 21.1 Å². The minimum Gasteiger partial charge on any atom is -0.390 e. The van der Waals surface area contributed by atoms with Crippen LogP contribution in [0, 0.1) is 11.8 Å². The maximum atomic E-state index is 12.9. The molecule has 0 radical (unpaired) electrons. The van der Waals surface area contributed by atoms with Crippen molar-refractivity contribution in [2.45, 2.75) is 91.1 Å². The van der Waals surface area contributed by atoms with Crippen molar-refractivity contribution < 1.29 is 38.9 Å². The molecular formula is C24H39N3O8S. The third kappa shape index (κ3) is 11.5. The van der Waals surface area contributed by atoms with Crippen LogP contribution >= 0.6 is 11.8 Å². The number of aliphatic hydroxyl groups excluding tert-OH is 1. The van der Waals surface area contributed by atoms with E-state index in [2.05, 4.69) is 16.0 Å². The maximum absolute atomic E-state index is 12.9. The Labute approximate surface area is 216 Å². The minimum absolute atomic E-state index is 0.0144. The van der Waals surface area contributed by atoms with E-state index < -0.39 is 60.4 Å². The summed E-state index contributed by atoms with van der Waals surface area (Å²) in [4.78, 5) is 71.7. The molecule has 204 valence electrons. The normalized spacial score (nSPS) is 27.5. The Bertz CT molecular complexity index is 817. The summed E-state index contributed by atoms with van der Waals surface area (Å²) in [6.07, 6.45) is 0.805. The highest BCUT2D eigenvalue weighted by atomic mass is 32.2. The van der Waals surface area contributed by atoms with Crippen molar-refractivity contribution in [1.82, 2.24) is 16.0 Å². The van der Waals surface area contributed by atoms with Gasteiger partial charge in [-0.3, -0.25) is 24.1 Å². The summed E-state index contributed by atoms with van der Waals surface area (Å²) < 4.78 is 0. The molecule has 0 unspecified atom stereocenters. The highest BCUT2D eigenvalue weighted by Crippen LogP contribution is 2.14. The van der Waals surface area contributed by atoms with E-state index in [0.717, 1.165) is 11.8 Å². The first-order valence-electron chi connectivity index (χ1n) is 12.1. The monoisotopic (exact) mass is 529 g/mol. The summed E-state index contributed by atoms with van der Waals surface area (Å²) in [5, 5.41) is 18.5. The van der Waals surface area contributed by atoms with Gasteiger partial charge in [0, 0.05) is 12.7 Å². The van der Waals surface area contributed by atoms with Gasteiger partial charge in [-0.05, 0) is 25.2 Å². The molecule has 11 nitrogen and oxygen atoms in total. The van der Waals surface area contributed by atoms with Crippen LogP contribution in [0.5, 0.6) is 0 Å². The Hall–Kier alpha value is -2.44. The second kappa shape index (κ2) is 15.6. The van der Waals surface area contributed by atoms with Crippen LogP contribution in [0.15, 0.2) is 12.2 Å². The van der Waals surface area contributed by atoms with Gasteiger partial charge in [0.2, 0.25) is 17.7 Å². The van der Waals surface area contributed by atoms with Crippen molar-refractivity contribution in [3.8, 4) is 0 Å². The van der Waals surface area contributed by atoms with Crippen LogP contribution in [0.4, 0.5) is 0 Å². The first-order chi connectivity index (χ1) is 16.8. The maximum Gasteiger partial charge on any atom is 0.345 e. The summed E-state index contributed by atoms with van der Waals surface area (Å²) in [5.74, 6) is -2.46. The predicted molar refractivity (Wildman–Crippen MR) is 134 cm³/mol. The molecule has 12 heteroatoms. The van der Waals surface area contributed by atoms with Crippen molar-refractivity contribution in [2.24, 2.45) is 11.8 Å². The second-order valence-electron chi connectivity index (χ2n) is 9.42. The van der Waals surface area contributed by atoms with E-state index in [0.29, 0.717) is 12.2 Å². The van der Waals surface area contributed by atoms with Crippen molar-refractivity contribution >= 4 is 40.6 Å². The van der Waals surface area contributed by atoms with E-state index >= 15 is 0 Å². The number of rotatable bonds is 6. The number of thioether (sulfide) groups is 1. The number of hydrogen-bond acceptors (Lipinski definition) is 9. The lowest BCUT2D eigenvalue weighted by molar-refractivity contribution is -0.290. The fourth-order valence-electron chi connectivity index (χ4n) is 3.42. The van der Waals surface area contributed by atoms with Crippen molar-refractivity contribution in [1.29, 1.82) is 0 Å². The molecule has 0 bridgehead atoms. The zero-order valence-corrected chi connectivity index (χ0v) is 22.6. The average Bonchev–Trinajstić information content (AvgIpc) is 2.77. The lowest BCUT2D eigenvalue weighted by Crippen LogP contribution is -2.57. The van der Waals surface area contributed by atoms with Gasteiger partial charge in [0.05, 0.1) is 25.0 Å². The largest absolute Gasteiger partial charge is 0.390 e. The van der Waals surface area contributed by atoms with E-state index in [1.807, 2.05) is 0 Å². The summed E-state index contributed by atoms with van der Waals surface area (Å²) in [6.45, 7) is 10.0. The summed E-state index contributed by atoms with van der Waals surface area (Å²) >= 11 is 1.15. The molecule has 1 saturated heterocycles. The first kappa shape index (κ1) is 31.6. The number of carbonyl (C=O) groups excluding carboxylic acids is 5. The number of nitrogens with one attached hydrogen (secondary N) is 3. The molecule has 1 aliphatic heterocycles. The van der Waals surface area contributed by atoms with Gasteiger partial charge in [-0.25, -0.2) is 4.79 Å². The fourth-order valence-corrected chi connectivity index (χ4v) is 3.96. The molecule has 3 amide bonds. The van der Waals surface area contributed by atoms with Gasteiger partial charge in [-0.2, -0.15) is 4.89 Å². The number of aliphatic hydroxyl groups is 1. The first-order valence-corrected chi connectivity index (χ1v) is 13.0. The summed E-state index contributed by atoms with van der Waals surface area (Å²) in [6, 6.07) is -2.66. The standard InChI is InChI=1S/C24H39N3O8S/c1-13(2)21-18(29)12-20(31)35-34-17(9-7-8-10-36-16(6)28)11-19(30)26-22(14(3)4)24(33)25-15(5)23(32)27-21/h7,9,13-15,17-18,21-22,29H,8,10-12H2,1-6H3,(H,25,33)(H,26,30)(H,27,32)/t15-,17-,18+,21-,22-/m1/s1. The lowest BCUT2D eigenvalue weighted by atomic mass is 9.96. The van der Waals surface area contributed by atoms with Crippen LogP contribution in [0.25, 0.3) is 0 Å². The topological polar surface area (TPSA) is 160 Å². The summed E-state index contributed by atoms with van der Waals surface area (Å²) in [7, 11) is 0. The fraction of sp³-hybridized carbons (Fsp3) is 0.708. The van der Waals surface area contributed by atoms with E-state index in [4.69, 9.17) is 9.78 Å². The quantitative estimate of drug-likeness (QED) is 0.223. The van der Waals surface area contributed by atoms with Gasteiger partial charge in [0.25, 0.3) is 0 Å². The van der Waals surface area contributed by atoms with E-state index in [-0.39, 0.29) is 23.4 Å². The molecule has 0 aliphatic carbocycles. The minimum atomic E-state index is -1.27. The number of amides is 3. The molecular weight excluding hydrogens is 490 g/mol. The number of allylic oxidation sites excluding steroid dienone is 1. The highest BCUT2D eigenvalue weighted by Gasteiger charge is 2.32. The van der Waals surface area contributed by atoms with Crippen molar-refractivity contribution in [3.05, 3.63) is 12.2 Å². The Morgan fingerprint density at radius 1 is 1.06 bits per heavy atom. The number of hydrogen-bond donors (Lipinski definition) is 4. The molecule has 0 aromatic rings. The Kier molecular flexibility index (Phi) is 13.7. The predicted octanol–water partition coefficient (Wildman–Crippen LogP) is 0.997.